The van der Waals surface area contributed by atoms with Crippen LogP contribution in [0.15, 0.2) is 41.9 Å². The summed E-state index contributed by atoms with van der Waals surface area (Å²) in [7, 11) is 0. The second-order valence-electron chi connectivity index (χ2n) is 5.85. The largest absolute Gasteiger partial charge is 0.357 e. The number of nitrogens with zero attached hydrogens (tertiary/aromatic N) is 2. The lowest BCUT2D eigenvalue weighted by Crippen LogP contribution is -2.27. The second kappa shape index (κ2) is 6.20. The van der Waals surface area contributed by atoms with Gasteiger partial charge in [-0.05, 0) is 31.0 Å². The van der Waals surface area contributed by atoms with Gasteiger partial charge in [-0.1, -0.05) is 12.1 Å². The van der Waals surface area contributed by atoms with E-state index in [2.05, 4.69) is 9.97 Å². The van der Waals surface area contributed by atoms with E-state index in [-0.39, 0.29) is 11.7 Å². The number of amides is 1. The average molecular weight is 341 g/mol. The van der Waals surface area contributed by atoms with Gasteiger partial charge in [0.2, 0.25) is 0 Å². The van der Waals surface area contributed by atoms with Crippen LogP contribution in [0.3, 0.4) is 0 Å². The number of hydrogen-bond donors (Lipinski definition) is 1. The predicted octanol–water partition coefficient (Wildman–Crippen LogP) is 4.18. The fourth-order valence-corrected chi connectivity index (χ4v) is 3.74. The van der Waals surface area contributed by atoms with Crippen molar-refractivity contribution in [3.05, 3.63) is 53.4 Å². The fourth-order valence-electron chi connectivity index (χ4n) is 2.92. The first kappa shape index (κ1) is 15.1. The van der Waals surface area contributed by atoms with Crippen LogP contribution >= 0.6 is 11.3 Å². The molecule has 1 aliphatic rings. The van der Waals surface area contributed by atoms with E-state index in [4.69, 9.17) is 0 Å². The lowest BCUT2D eigenvalue weighted by Gasteiger charge is -2.13. The van der Waals surface area contributed by atoms with Crippen LogP contribution in [-0.2, 0) is 0 Å². The maximum atomic E-state index is 13.4. The molecule has 1 amide bonds. The van der Waals surface area contributed by atoms with Gasteiger partial charge in [-0.25, -0.2) is 9.37 Å². The monoisotopic (exact) mass is 341 g/mol. The number of likely N-dealkylation sites (tertiary alicyclic amines) is 1. The standard InChI is InChI=1S/C18H16FN3OS/c19-14-5-3-4-12(8-14)17-21-16(11-24-17)13-9-15(20-10-13)18(23)22-6-1-2-7-22/h3-5,8-11,20H,1-2,6-7H2. The van der Waals surface area contributed by atoms with Crippen LogP contribution in [0.2, 0.25) is 0 Å². The van der Waals surface area contributed by atoms with Crippen molar-refractivity contribution in [1.82, 2.24) is 14.9 Å². The van der Waals surface area contributed by atoms with Crippen molar-refractivity contribution in [2.45, 2.75) is 12.8 Å². The fraction of sp³-hybridized carbons (Fsp3) is 0.222. The van der Waals surface area contributed by atoms with Gasteiger partial charge in [0, 0.05) is 35.8 Å². The summed E-state index contributed by atoms with van der Waals surface area (Å²) in [5.74, 6) is -0.233. The normalized spacial score (nSPS) is 14.3. The molecule has 1 saturated heterocycles. The zero-order valence-corrected chi connectivity index (χ0v) is 13.8. The van der Waals surface area contributed by atoms with Gasteiger partial charge in [0.15, 0.2) is 0 Å². The van der Waals surface area contributed by atoms with Crippen LogP contribution in [0.25, 0.3) is 21.8 Å². The van der Waals surface area contributed by atoms with E-state index in [1.165, 1.54) is 23.5 Å². The zero-order chi connectivity index (χ0) is 16.5. The number of rotatable bonds is 3. The Hall–Kier alpha value is -2.47. The average Bonchev–Trinajstić information content (AvgIpc) is 3.34. The van der Waals surface area contributed by atoms with Crippen molar-refractivity contribution in [1.29, 1.82) is 0 Å². The molecule has 2 aromatic heterocycles. The molecule has 122 valence electrons. The van der Waals surface area contributed by atoms with Crippen LogP contribution in [-0.4, -0.2) is 33.9 Å². The van der Waals surface area contributed by atoms with Crippen molar-refractivity contribution in [2.75, 3.05) is 13.1 Å². The van der Waals surface area contributed by atoms with E-state index in [0.717, 1.165) is 47.8 Å². The number of carbonyl (C=O) groups is 1. The summed E-state index contributed by atoms with van der Waals surface area (Å²) in [5, 5.41) is 2.69. The molecule has 0 atom stereocenters. The molecule has 0 unspecified atom stereocenters. The highest BCUT2D eigenvalue weighted by Gasteiger charge is 2.21. The highest BCUT2D eigenvalue weighted by Crippen LogP contribution is 2.29. The smallest absolute Gasteiger partial charge is 0.270 e. The summed E-state index contributed by atoms with van der Waals surface area (Å²) in [5.41, 5.74) is 3.01. The predicted molar refractivity (Wildman–Crippen MR) is 92.4 cm³/mol. The second-order valence-corrected chi connectivity index (χ2v) is 6.71. The summed E-state index contributed by atoms with van der Waals surface area (Å²) in [6.45, 7) is 1.65. The molecule has 1 aliphatic heterocycles. The zero-order valence-electron chi connectivity index (χ0n) is 13.0. The molecule has 3 heterocycles. The van der Waals surface area contributed by atoms with Gasteiger partial charge >= 0.3 is 0 Å². The number of aromatic amines is 1. The van der Waals surface area contributed by atoms with E-state index >= 15 is 0 Å². The maximum Gasteiger partial charge on any atom is 0.270 e. The van der Waals surface area contributed by atoms with E-state index in [9.17, 15) is 9.18 Å². The number of benzene rings is 1. The van der Waals surface area contributed by atoms with Crippen LogP contribution in [0.5, 0.6) is 0 Å². The van der Waals surface area contributed by atoms with Crippen LogP contribution < -0.4 is 0 Å². The topological polar surface area (TPSA) is 49.0 Å². The third-order valence-corrected chi connectivity index (χ3v) is 5.07. The van der Waals surface area contributed by atoms with Gasteiger partial charge in [0.05, 0.1) is 5.69 Å². The number of H-pyrrole nitrogens is 1. The SMILES string of the molecule is O=C(c1cc(-c2csc(-c3cccc(F)c3)n2)c[nH]1)N1CCCC1. The van der Waals surface area contributed by atoms with E-state index in [1.807, 2.05) is 22.4 Å². The van der Waals surface area contributed by atoms with E-state index in [0.29, 0.717) is 5.69 Å². The van der Waals surface area contributed by atoms with Crippen LogP contribution in [0.1, 0.15) is 23.3 Å². The van der Waals surface area contributed by atoms with Gasteiger partial charge < -0.3 is 9.88 Å². The molecule has 0 bridgehead atoms. The summed E-state index contributed by atoms with van der Waals surface area (Å²) in [6, 6.07) is 8.24. The molecule has 1 N–H and O–H groups in total. The first-order valence-corrected chi connectivity index (χ1v) is 8.78. The van der Waals surface area contributed by atoms with Crippen molar-refractivity contribution in [3.63, 3.8) is 0 Å². The molecule has 3 aromatic rings. The number of carbonyl (C=O) groups excluding carboxylic acids is 1. The number of nitrogens with one attached hydrogen (secondary N) is 1. The number of halogens is 1. The Labute approximate surface area is 143 Å². The minimum absolute atomic E-state index is 0.0410. The van der Waals surface area contributed by atoms with Crippen molar-refractivity contribution >= 4 is 17.2 Å². The lowest BCUT2D eigenvalue weighted by atomic mass is 10.2. The number of hydrogen-bond acceptors (Lipinski definition) is 3. The molecule has 24 heavy (non-hydrogen) atoms. The molecular weight excluding hydrogens is 325 g/mol. The van der Waals surface area contributed by atoms with Crippen molar-refractivity contribution in [2.24, 2.45) is 0 Å². The summed E-state index contributed by atoms with van der Waals surface area (Å²) in [6.07, 6.45) is 3.94. The molecule has 0 aliphatic carbocycles. The summed E-state index contributed by atoms with van der Waals surface area (Å²) in [4.78, 5) is 21.9. The third-order valence-electron chi connectivity index (χ3n) is 4.18. The van der Waals surface area contributed by atoms with Gasteiger partial charge in [0.1, 0.15) is 16.5 Å². The van der Waals surface area contributed by atoms with Crippen molar-refractivity contribution in [3.8, 4) is 21.8 Å². The highest BCUT2D eigenvalue weighted by molar-refractivity contribution is 7.13. The third kappa shape index (κ3) is 2.85. The molecule has 4 nitrogen and oxygen atoms in total. The maximum absolute atomic E-state index is 13.4. The molecule has 0 radical (unpaired) electrons. The highest BCUT2D eigenvalue weighted by atomic mass is 32.1. The van der Waals surface area contributed by atoms with E-state index in [1.54, 1.807) is 12.3 Å². The molecule has 0 spiro atoms. The first-order chi connectivity index (χ1) is 11.7. The lowest BCUT2D eigenvalue weighted by molar-refractivity contribution is 0.0788. The Balaban J connectivity index is 1.58. The minimum Gasteiger partial charge on any atom is -0.357 e. The summed E-state index contributed by atoms with van der Waals surface area (Å²) < 4.78 is 13.4. The van der Waals surface area contributed by atoms with Gasteiger partial charge in [-0.15, -0.1) is 11.3 Å². The first-order valence-electron chi connectivity index (χ1n) is 7.90. The Morgan fingerprint density at radius 2 is 2.04 bits per heavy atom. The number of aromatic nitrogens is 2. The molecular formula is C18H16FN3OS. The Kier molecular flexibility index (Phi) is 3.90. The van der Waals surface area contributed by atoms with Gasteiger partial charge in [-0.2, -0.15) is 0 Å². The molecule has 1 aromatic carbocycles. The number of thiazole rings is 1. The van der Waals surface area contributed by atoms with Crippen molar-refractivity contribution < 1.29 is 9.18 Å². The van der Waals surface area contributed by atoms with Crippen LogP contribution in [0, 0.1) is 5.82 Å². The summed E-state index contributed by atoms with van der Waals surface area (Å²) >= 11 is 1.46. The Morgan fingerprint density at radius 1 is 1.21 bits per heavy atom. The van der Waals surface area contributed by atoms with Crippen LogP contribution in [0.4, 0.5) is 4.39 Å². The Morgan fingerprint density at radius 3 is 2.83 bits per heavy atom. The molecule has 0 saturated carbocycles. The molecule has 6 heteroatoms. The molecule has 1 fully saturated rings. The Bertz CT molecular complexity index is 880. The van der Waals surface area contributed by atoms with Gasteiger partial charge in [0.25, 0.3) is 5.91 Å². The molecule has 4 rings (SSSR count). The van der Waals surface area contributed by atoms with Gasteiger partial charge in [-0.3, -0.25) is 4.79 Å². The van der Waals surface area contributed by atoms with E-state index < -0.39 is 0 Å². The minimum atomic E-state index is -0.274. The quantitative estimate of drug-likeness (QED) is 0.777.